The van der Waals surface area contributed by atoms with Gasteiger partial charge in [-0.1, -0.05) is 20.3 Å². The molecule has 1 saturated carbocycles. The minimum Gasteiger partial charge on any atom is -0.389 e. The molecule has 1 aliphatic rings. The number of nitrogens with one attached hydrogen (secondary N) is 1. The number of hydrogen-bond donors (Lipinski definition) is 2. The van der Waals surface area contributed by atoms with E-state index in [1.54, 1.807) is 7.11 Å². The average molecular weight is 229 g/mol. The Balaban J connectivity index is 2.32. The molecule has 0 radical (unpaired) electrons. The zero-order chi connectivity index (χ0) is 12.1. The van der Waals surface area contributed by atoms with Crippen molar-refractivity contribution < 1.29 is 9.84 Å². The van der Waals surface area contributed by atoms with Crippen LogP contribution in [0.3, 0.4) is 0 Å². The number of ether oxygens (including phenoxy) is 1. The highest BCUT2D eigenvalue weighted by Crippen LogP contribution is 2.37. The molecule has 0 aromatic heterocycles. The Kier molecular flexibility index (Phi) is 5.22. The first-order valence-corrected chi connectivity index (χ1v) is 6.40. The van der Waals surface area contributed by atoms with E-state index in [1.807, 2.05) is 0 Å². The van der Waals surface area contributed by atoms with Crippen LogP contribution in [0.2, 0.25) is 0 Å². The van der Waals surface area contributed by atoms with Gasteiger partial charge in [0, 0.05) is 20.2 Å². The first-order valence-electron chi connectivity index (χ1n) is 6.40. The molecule has 0 amide bonds. The van der Waals surface area contributed by atoms with Gasteiger partial charge >= 0.3 is 0 Å². The first kappa shape index (κ1) is 13.9. The summed E-state index contributed by atoms with van der Waals surface area (Å²) >= 11 is 0. The third-order valence-electron chi connectivity index (χ3n) is 3.70. The summed E-state index contributed by atoms with van der Waals surface area (Å²) < 4.78 is 4.98. The molecule has 2 N–H and O–H groups in total. The van der Waals surface area contributed by atoms with Crippen molar-refractivity contribution in [3.05, 3.63) is 0 Å². The second kappa shape index (κ2) is 5.99. The third-order valence-corrected chi connectivity index (χ3v) is 3.70. The van der Waals surface area contributed by atoms with Crippen LogP contribution in [0, 0.1) is 5.41 Å². The summed E-state index contributed by atoms with van der Waals surface area (Å²) in [6.07, 6.45) is 5.33. The quantitative estimate of drug-likeness (QED) is 0.559. The predicted molar refractivity (Wildman–Crippen MR) is 66.6 cm³/mol. The maximum Gasteiger partial charge on any atom is 0.0771 e. The molecule has 3 nitrogen and oxygen atoms in total. The smallest absolute Gasteiger partial charge is 0.0771 e. The molecule has 0 aromatic carbocycles. The Morgan fingerprint density at radius 3 is 2.62 bits per heavy atom. The van der Waals surface area contributed by atoms with Crippen LogP contribution in [0.4, 0.5) is 0 Å². The van der Waals surface area contributed by atoms with E-state index in [0.717, 1.165) is 32.2 Å². The first-order chi connectivity index (χ1) is 7.47. The van der Waals surface area contributed by atoms with Gasteiger partial charge in [-0.25, -0.2) is 0 Å². The molecule has 1 aliphatic carbocycles. The lowest BCUT2D eigenvalue weighted by molar-refractivity contribution is 0.0215. The van der Waals surface area contributed by atoms with Crippen LogP contribution in [0.15, 0.2) is 0 Å². The zero-order valence-electron chi connectivity index (χ0n) is 11.0. The molecule has 0 spiro atoms. The molecule has 0 aromatic rings. The van der Waals surface area contributed by atoms with E-state index in [4.69, 9.17) is 4.74 Å². The van der Waals surface area contributed by atoms with Crippen molar-refractivity contribution in [2.45, 2.75) is 51.6 Å². The predicted octanol–water partition coefficient (Wildman–Crippen LogP) is 1.94. The Morgan fingerprint density at radius 2 is 1.94 bits per heavy atom. The molecule has 0 aliphatic heterocycles. The molecule has 0 saturated heterocycles. The fraction of sp³-hybridized carbons (Fsp3) is 1.00. The summed E-state index contributed by atoms with van der Waals surface area (Å²) in [5, 5.41) is 13.8. The number of methoxy groups -OCH3 is 1. The topological polar surface area (TPSA) is 41.5 Å². The molecule has 16 heavy (non-hydrogen) atoms. The molecule has 96 valence electrons. The van der Waals surface area contributed by atoms with Crippen LogP contribution in [-0.2, 0) is 4.74 Å². The zero-order valence-corrected chi connectivity index (χ0v) is 11.0. The van der Waals surface area contributed by atoms with Crippen molar-refractivity contribution >= 4 is 0 Å². The Bertz CT molecular complexity index is 206. The van der Waals surface area contributed by atoms with Gasteiger partial charge in [-0.15, -0.1) is 0 Å². The SMILES string of the molecule is COCCNCC1(O)CCCC(C)(C)CC1. The lowest BCUT2D eigenvalue weighted by Crippen LogP contribution is -2.41. The molecule has 1 fully saturated rings. The van der Waals surface area contributed by atoms with E-state index in [0.29, 0.717) is 18.6 Å². The highest BCUT2D eigenvalue weighted by atomic mass is 16.5. The Labute approximate surface area is 99.6 Å². The minimum absolute atomic E-state index is 0.400. The van der Waals surface area contributed by atoms with Crippen LogP contribution >= 0.6 is 0 Å². The van der Waals surface area contributed by atoms with E-state index in [1.165, 1.54) is 6.42 Å². The monoisotopic (exact) mass is 229 g/mol. The van der Waals surface area contributed by atoms with Gasteiger partial charge in [0.25, 0.3) is 0 Å². The van der Waals surface area contributed by atoms with E-state index in [2.05, 4.69) is 19.2 Å². The summed E-state index contributed by atoms with van der Waals surface area (Å²) in [4.78, 5) is 0. The maximum atomic E-state index is 10.5. The standard InChI is InChI=1S/C13H27NO2/c1-12(2)5-4-6-13(15,8-7-12)11-14-9-10-16-3/h14-15H,4-11H2,1-3H3. The Morgan fingerprint density at radius 1 is 1.19 bits per heavy atom. The van der Waals surface area contributed by atoms with Crippen molar-refractivity contribution in [3.8, 4) is 0 Å². The summed E-state index contributed by atoms with van der Waals surface area (Å²) in [6.45, 7) is 6.84. The van der Waals surface area contributed by atoms with Gasteiger partial charge < -0.3 is 15.2 Å². The summed E-state index contributed by atoms with van der Waals surface area (Å²) in [5.41, 5.74) is -0.0987. The normalized spacial score (nSPS) is 30.0. The van der Waals surface area contributed by atoms with Gasteiger partial charge in [0.15, 0.2) is 0 Å². The minimum atomic E-state index is -0.499. The van der Waals surface area contributed by atoms with E-state index in [-0.39, 0.29) is 0 Å². The molecule has 1 unspecified atom stereocenters. The second-order valence-corrected chi connectivity index (χ2v) is 5.91. The van der Waals surface area contributed by atoms with Crippen LogP contribution < -0.4 is 5.32 Å². The molecule has 3 heteroatoms. The van der Waals surface area contributed by atoms with Crippen molar-refractivity contribution in [3.63, 3.8) is 0 Å². The van der Waals surface area contributed by atoms with Crippen LogP contribution in [0.1, 0.15) is 46.0 Å². The second-order valence-electron chi connectivity index (χ2n) is 5.91. The van der Waals surface area contributed by atoms with Crippen LogP contribution in [-0.4, -0.2) is 37.5 Å². The maximum absolute atomic E-state index is 10.5. The van der Waals surface area contributed by atoms with E-state index >= 15 is 0 Å². The van der Waals surface area contributed by atoms with Crippen molar-refractivity contribution in [1.29, 1.82) is 0 Å². The van der Waals surface area contributed by atoms with Crippen molar-refractivity contribution in [2.24, 2.45) is 5.41 Å². The van der Waals surface area contributed by atoms with Gasteiger partial charge in [0.1, 0.15) is 0 Å². The summed E-state index contributed by atoms with van der Waals surface area (Å²) in [7, 11) is 1.70. The largest absolute Gasteiger partial charge is 0.389 e. The molecule has 1 atom stereocenters. The van der Waals surface area contributed by atoms with E-state index < -0.39 is 5.60 Å². The lowest BCUT2D eigenvalue weighted by atomic mass is 9.84. The highest BCUT2D eigenvalue weighted by Gasteiger charge is 2.33. The van der Waals surface area contributed by atoms with E-state index in [9.17, 15) is 5.11 Å². The van der Waals surface area contributed by atoms with Gasteiger partial charge in [-0.05, 0) is 31.1 Å². The number of rotatable bonds is 5. The fourth-order valence-corrected chi connectivity index (χ4v) is 2.39. The van der Waals surface area contributed by atoms with Gasteiger partial charge in [-0.3, -0.25) is 0 Å². The molecular weight excluding hydrogens is 202 g/mol. The van der Waals surface area contributed by atoms with Gasteiger partial charge in [0.2, 0.25) is 0 Å². The van der Waals surface area contributed by atoms with Crippen molar-refractivity contribution in [2.75, 3.05) is 26.8 Å². The van der Waals surface area contributed by atoms with Crippen LogP contribution in [0.5, 0.6) is 0 Å². The third kappa shape index (κ3) is 4.81. The number of aliphatic hydroxyl groups is 1. The summed E-state index contributed by atoms with van der Waals surface area (Å²) in [6, 6.07) is 0. The average Bonchev–Trinajstić information content (AvgIpc) is 2.34. The molecule has 1 rings (SSSR count). The lowest BCUT2D eigenvalue weighted by Gasteiger charge is -2.28. The van der Waals surface area contributed by atoms with Crippen LogP contribution in [0.25, 0.3) is 0 Å². The number of hydrogen-bond acceptors (Lipinski definition) is 3. The Hall–Kier alpha value is -0.120. The van der Waals surface area contributed by atoms with Gasteiger partial charge in [-0.2, -0.15) is 0 Å². The molecule has 0 bridgehead atoms. The molecule has 0 heterocycles. The molecular formula is C13H27NO2. The van der Waals surface area contributed by atoms with Crippen molar-refractivity contribution in [1.82, 2.24) is 5.32 Å². The fourth-order valence-electron chi connectivity index (χ4n) is 2.39. The summed E-state index contributed by atoms with van der Waals surface area (Å²) in [5.74, 6) is 0. The highest BCUT2D eigenvalue weighted by molar-refractivity contribution is 4.87. The van der Waals surface area contributed by atoms with Gasteiger partial charge in [0.05, 0.1) is 12.2 Å².